The molecule has 0 bridgehead atoms. The number of rotatable bonds is 2. The molecular formula is C11H11N5O. The fourth-order valence-corrected chi connectivity index (χ4v) is 2.01. The quantitative estimate of drug-likeness (QED) is 0.689. The van der Waals surface area contributed by atoms with Crippen LogP contribution in [-0.2, 0) is 17.8 Å². The van der Waals surface area contributed by atoms with Crippen LogP contribution in [0.3, 0.4) is 0 Å². The molecule has 1 aliphatic heterocycles. The highest BCUT2D eigenvalue weighted by Gasteiger charge is 2.20. The van der Waals surface area contributed by atoms with Crippen molar-refractivity contribution in [1.82, 2.24) is 24.4 Å². The van der Waals surface area contributed by atoms with Crippen LogP contribution in [0.15, 0.2) is 24.9 Å². The third kappa shape index (κ3) is 1.67. The van der Waals surface area contributed by atoms with Gasteiger partial charge in [0.25, 0.3) is 0 Å². The second-order valence-electron chi connectivity index (χ2n) is 3.90. The molecule has 2 aromatic heterocycles. The van der Waals surface area contributed by atoms with Gasteiger partial charge in [0.2, 0.25) is 6.41 Å². The SMILES string of the molecule is O=CN1CCc2ncn(-c3cnccn3)c2C1. The first-order valence-corrected chi connectivity index (χ1v) is 5.39. The van der Waals surface area contributed by atoms with E-state index in [0.29, 0.717) is 6.54 Å². The van der Waals surface area contributed by atoms with Crippen molar-refractivity contribution in [2.24, 2.45) is 0 Å². The lowest BCUT2D eigenvalue weighted by molar-refractivity contribution is -0.119. The Hall–Kier alpha value is -2.24. The zero-order chi connectivity index (χ0) is 11.7. The van der Waals surface area contributed by atoms with Gasteiger partial charge in [-0.3, -0.25) is 14.3 Å². The minimum absolute atomic E-state index is 0.579. The van der Waals surface area contributed by atoms with Gasteiger partial charge in [-0.2, -0.15) is 0 Å². The van der Waals surface area contributed by atoms with Crippen molar-refractivity contribution in [2.45, 2.75) is 13.0 Å². The van der Waals surface area contributed by atoms with Crippen LogP contribution in [0.1, 0.15) is 11.4 Å². The van der Waals surface area contributed by atoms with Gasteiger partial charge >= 0.3 is 0 Å². The second-order valence-corrected chi connectivity index (χ2v) is 3.90. The zero-order valence-corrected chi connectivity index (χ0v) is 9.15. The molecule has 2 aromatic rings. The molecule has 0 atom stereocenters. The van der Waals surface area contributed by atoms with Crippen molar-refractivity contribution in [3.05, 3.63) is 36.3 Å². The summed E-state index contributed by atoms with van der Waals surface area (Å²) in [5.74, 6) is 0.731. The number of aromatic nitrogens is 4. The molecule has 0 saturated carbocycles. The molecule has 3 rings (SSSR count). The average molecular weight is 229 g/mol. The maximum atomic E-state index is 10.8. The minimum atomic E-state index is 0.579. The van der Waals surface area contributed by atoms with E-state index < -0.39 is 0 Å². The van der Waals surface area contributed by atoms with E-state index >= 15 is 0 Å². The number of hydrogen-bond donors (Lipinski definition) is 0. The lowest BCUT2D eigenvalue weighted by atomic mass is 10.1. The van der Waals surface area contributed by atoms with E-state index in [1.807, 2.05) is 4.57 Å². The number of nitrogens with zero attached hydrogens (tertiary/aromatic N) is 5. The summed E-state index contributed by atoms with van der Waals surface area (Å²) in [6, 6.07) is 0. The Morgan fingerprint density at radius 3 is 3.00 bits per heavy atom. The Morgan fingerprint density at radius 2 is 2.24 bits per heavy atom. The smallest absolute Gasteiger partial charge is 0.210 e. The van der Waals surface area contributed by atoms with Crippen molar-refractivity contribution in [1.29, 1.82) is 0 Å². The summed E-state index contributed by atoms with van der Waals surface area (Å²) in [7, 11) is 0. The third-order valence-corrected chi connectivity index (χ3v) is 2.89. The molecule has 0 aromatic carbocycles. The zero-order valence-electron chi connectivity index (χ0n) is 9.15. The molecule has 0 aliphatic carbocycles. The summed E-state index contributed by atoms with van der Waals surface area (Å²) in [6.45, 7) is 1.31. The first-order valence-electron chi connectivity index (χ1n) is 5.39. The molecule has 0 saturated heterocycles. The Morgan fingerprint density at radius 1 is 1.29 bits per heavy atom. The number of amides is 1. The molecule has 1 amide bonds. The predicted molar refractivity (Wildman–Crippen MR) is 59.3 cm³/mol. The molecule has 0 unspecified atom stereocenters. The largest absolute Gasteiger partial charge is 0.339 e. The fourth-order valence-electron chi connectivity index (χ4n) is 2.01. The van der Waals surface area contributed by atoms with E-state index in [1.54, 1.807) is 29.8 Å². The van der Waals surface area contributed by atoms with Crippen LogP contribution in [0.5, 0.6) is 0 Å². The summed E-state index contributed by atoms with van der Waals surface area (Å²) in [5.41, 5.74) is 2.05. The topological polar surface area (TPSA) is 63.9 Å². The van der Waals surface area contributed by atoms with Crippen molar-refractivity contribution < 1.29 is 4.79 Å². The molecule has 0 fully saturated rings. The molecule has 3 heterocycles. The summed E-state index contributed by atoms with van der Waals surface area (Å²) >= 11 is 0. The van der Waals surface area contributed by atoms with Gasteiger partial charge in [0.15, 0.2) is 5.82 Å². The van der Waals surface area contributed by atoms with Crippen molar-refractivity contribution in [3.63, 3.8) is 0 Å². The van der Waals surface area contributed by atoms with Gasteiger partial charge in [-0.15, -0.1) is 0 Å². The van der Waals surface area contributed by atoms with Crippen molar-refractivity contribution in [3.8, 4) is 5.82 Å². The molecule has 86 valence electrons. The van der Waals surface area contributed by atoms with Crippen LogP contribution in [0.2, 0.25) is 0 Å². The van der Waals surface area contributed by atoms with Gasteiger partial charge in [-0.1, -0.05) is 0 Å². The normalized spacial score (nSPS) is 14.5. The van der Waals surface area contributed by atoms with Crippen molar-refractivity contribution in [2.75, 3.05) is 6.54 Å². The van der Waals surface area contributed by atoms with Gasteiger partial charge in [-0.05, 0) is 0 Å². The van der Waals surface area contributed by atoms with E-state index in [4.69, 9.17) is 0 Å². The van der Waals surface area contributed by atoms with Gasteiger partial charge in [0.1, 0.15) is 6.33 Å². The maximum absolute atomic E-state index is 10.8. The van der Waals surface area contributed by atoms with Crippen LogP contribution in [0.25, 0.3) is 5.82 Å². The first-order chi connectivity index (χ1) is 8.38. The average Bonchev–Trinajstić information content (AvgIpc) is 2.82. The van der Waals surface area contributed by atoms with E-state index in [-0.39, 0.29) is 0 Å². The lowest BCUT2D eigenvalue weighted by Gasteiger charge is -2.23. The summed E-state index contributed by atoms with van der Waals surface area (Å²) in [5, 5.41) is 0. The summed E-state index contributed by atoms with van der Waals surface area (Å²) < 4.78 is 1.89. The predicted octanol–water partition coefficient (Wildman–Crippen LogP) is 0.177. The van der Waals surface area contributed by atoms with E-state index in [0.717, 1.165) is 36.6 Å². The van der Waals surface area contributed by atoms with Crippen LogP contribution in [-0.4, -0.2) is 37.4 Å². The minimum Gasteiger partial charge on any atom is -0.339 e. The highest BCUT2D eigenvalue weighted by molar-refractivity contribution is 5.48. The number of carbonyl (C=O) groups is 1. The number of hydrogen-bond acceptors (Lipinski definition) is 4. The highest BCUT2D eigenvalue weighted by Crippen LogP contribution is 2.19. The summed E-state index contributed by atoms with van der Waals surface area (Å²) in [6.07, 6.45) is 8.36. The molecular weight excluding hydrogens is 218 g/mol. The Balaban J connectivity index is 2.03. The van der Waals surface area contributed by atoms with Gasteiger partial charge in [-0.25, -0.2) is 9.97 Å². The second kappa shape index (κ2) is 3.97. The Bertz CT molecular complexity index is 536. The van der Waals surface area contributed by atoms with Crippen LogP contribution < -0.4 is 0 Å². The van der Waals surface area contributed by atoms with Gasteiger partial charge in [0.05, 0.1) is 24.1 Å². The van der Waals surface area contributed by atoms with E-state index in [2.05, 4.69) is 15.0 Å². The molecule has 0 N–H and O–H groups in total. The molecule has 0 spiro atoms. The molecule has 1 aliphatic rings. The molecule has 6 nitrogen and oxygen atoms in total. The molecule has 17 heavy (non-hydrogen) atoms. The van der Waals surface area contributed by atoms with E-state index in [1.165, 1.54) is 0 Å². The van der Waals surface area contributed by atoms with Crippen LogP contribution >= 0.6 is 0 Å². The third-order valence-electron chi connectivity index (χ3n) is 2.89. The van der Waals surface area contributed by atoms with E-state index in [9.17, 15) is 4.79 Å². The Labute approximate surface area is 97.9 Å². The molecule has 0 radical (unpaired) electrons. The summed E-state index contributed by atoms with van der Waals surface area (Å²) in [4.78, 5) is 25.2. The van der Waals surface area contributed by atoms with Crippen LogP contribution in [0, 0.1) is 0 Å². The highest BCUT2D eigenvalue weighted by atomic mass is 16.1. The first kappa shape index (κ1) is 9.95. The van der Waals surface area contributed by atoms with Gasteiger partial charge in [0, 0.05) is 25.4 Å². The number of imidazole rings is 1. The lowest BCUT2D eigenvalue weighted by Crippen LogP contribution is -2.30. The number of fused-ring (bicyclic) bond motifs is 1. The van der Waals surface area contributed by atoms with Gasteiger partial charge < -0.3 is 4.90 Å². The van der Waals surface area contributed by atoms with Crippen LogP contribution in [0.4, 0.5) is 0 Å². The van der Waals surface area contributed by atoms with Crippen molar-refractivity contribution >= 4 is 6.41 Å². The molecule has 6 heteroatoms. The Kier molecular flexibility index (Phi) is 2.32. The number of carbonyl (C=O) groups excluding carboxylic acids is 1. The standard InChI is InChI=1S/C11H11N5O/c17-8-15-4-1-9-10(6-15)16(7-14-9)11-5-12-2-3-13-11/h2-3,5,7-8H,1,4,6H2. The fraction of sp³-hybridized carbons (Fsp3) is 0.273. The maximum Gasteiger partial charge on any atom is 0.210 e. The monoisotopic (exact) mass is 229 g/mol.